The van der Waals surface area contributed by atoms with Gasteiger partial charge in [-0.05, 0) is 66.2 Å². The maximum absolute atomic E-state index is 5.26. The molecule has 0 spiro atoms. The molecule has 0 aromatic rings. The van der Waals surface area contributed by atoms with Crippen LogP contribution in [0, 0.1) is 0 Å². The van der Waals surface area contributed by atoms with Gasteiger partial charge in [0.05, 0.1) is 12.7 Å². The maximum atomic E-state index is 5.26. The summed E-state index contributed by atoms with van der Waals surface area (Å²) in [6.45, 7) is 20.6. The van der Waals surface area contributed by atoms with E-state index in [9.17, 15) is 0 Å². The van der Waals surface area contributed by atoms with Crippen molar-refractivity contribution in [3.8, 4) is 0 Å². The molecule has 0 aliphatic heterocycles. The second-order valence-corrected chi connectivity index (χ2v) is 6.75. The monoisotopic (exact) mass is 336 g/mol. The summed E-state index contributed by atoms with van der Waals surface area (Å²) < 4.78 is 10.3. The number of unbranched alkanes of at least 4 members (excludes halogenated alkanes) is 1. The molecule has 0 aliphatic carbocycles. The Labute approximate surface area is 151 Å². The molecule has 0 N–H and O–H groups in total. The summed E-state index contributed by atoms with van der Waals surface area (Å²) in [5.41, 5.74) is 4.94. The zero-order valence-electron chi connectivity index (χ0n) is 17.0. The fourth-order valence-corrected chi connectivity index (χ4v) is 2.19. The third kappa shape index (κ3) is 18.9. The molecule has 0 radical (unpaired) electrons. The number of rotatable bonds is 12. The van der Waals surface area contributed by atoms with E-state index >= 15 is 0 Å². The minimum atomic E-state index is 0.226. The summed E-state index contributed by atoms with van der Waals surface area (Å²) in [4.78, 5) is 0. The Morgan fingerprint density at radius 1 is 0.917 bits per heavy atom. The largest absolute Gasteiger partial charge is 0.380 e. The average Bonchev–Trinajstić information content (AvgIpc) is 2.48. The molecule has 0 fully saturated rings. The SMILES string of the molecule is C=C(C)CCCC(OC)C(=C)C.C=C(C)CCCC=C(C)COC. The number of allylic oxidation sites excluding steroid dienone is 3. The molecule has 2 nitrogen and oxygen atoms in total. The molecule has 0 saturated heterocycles. The first-order valence-corrected chi connectivity index (χ1v) is 8.86. The molecule has 0 rings (SSSR count). The van der Waals surface area contributed by atoms with Crippen LogP contribution in [0.3, 0.4) is 0 Å². The quantitative estimate of drug-likeness (QED) is 0.293. The number of methoxy groups -OCH3 is 2. The highest BCUT2D eigenvalue weighted by Crippen LogP contribution is 2.13. The predicted molar refractivity (Wildman–Crippen MR) is 109 cm³/mol. The van der Waals surface area contributed by atoms with E-state index in [1.807, 2.05) is 6.92 Å². The van der Waals surface area contributed by atoms with Gasteiger partial charge in [-0.2, -0.15) is 0 Å². The normalized spacial score (nSPS) is 12.2. The fourth-order valence-electron chi connectivity index (χ4n) is 2.19. The molecule has 140 valence electrons. The molecular weight excluding hydrogens is 296 g/mol. The molecule has 0 aromatic heterocycles. The van der Waals surface area contributed by atoms with Crippen LogP contribution in [0.25, 0.3) is 0 Å². The van der Waals surface area contributed by atoms with Crippen molar-refractivity contribution in [3.05, 3.63) is 48.1 Å². The van der Waals surface area contributed by atoms with Gasteiger partial charge in [0.25, 0.3) is 0 Å². The van der Waals surface area contributed by atoms with Crippen LogP contribution in [0.15, 0.2) is 48.1 Å². The maximum Gasteiger partial charge on any atom is 0.0776 e. The van der Waals surface area contributed by atoms with Gasteiger partial charge in [-0.15, -0.1) is 13.2 Å². The molecule has 0 heterocycles. The van der Waals surface area contributed by atoms with Crippen molar-refractivity contribution in [2.75, 3.05) is 20.8 Å². The van der Waals surface area contributed by atoms with Gasteiger partial charge in [-0.3, -0.25) is 0 Å². The zero-order chi connectivity index (χ0) is 19.0. The highest BCUT2D eigenvalue weighted by molar-refractivity contribution is 4.99. The summed E-state index contributed by atoms with van der Waals surface area (Å²) in [6, 6.07) is 0. The third-order valence-electron chi connectivity index (χ3n) is 3.58. The lowest BCUT2D eigenvalue weighted by Crippen LogP contribution is -2.10. The van der Waals surface area contributed by atoms with E-state index in [-0.39, 0.29) is 6.10 Å². The number of hydrogen-bond donors (Lipinski definition) is 0. The van der Waals surface area contributed by atoms with Crippen molar-refractivity contribution in [1.29, 1.82) is 0 Å². The van der Waals surface area contributed by atoms with Gasteiger partial charge in [0.15, 0.2) is 0 Å². The van der Waals surface area contributed by atoms with Crippen LogP contribution >= 0.6 is 0 Å². The molecule has 1 atom stereocenters. The fraction of sp³-hybridized carbons (Fsp3) is 0.636. The minimum Gasteiger partial charge on any atom is -0.380 e. The Hall–Kier alpha value is -1.12. The van der Waals surface area contributed by atoms with Crippen molar-refractivity contribution in [1.82, 2.24) is 0 Å². The highest BCUT2D eigenvalue weighted by Gasteiger charge is 2.06. The zero-order valence-corrected chi connectivity index (χ0v) is 17.0. The van der Waals surface area contributed by atoms with Gasteiger partial charge in [0, 0.05) is 14.2 Å². The number of ether oxygens (including phenoxy) is 2. The predicted octanol–water partition coefficient (Wildman–Crippen LogP) is 6.65. The molecule has 0 saturated carbocycles. The molecule has 0 aromatic carbocycles. The average molecular weight is 337 g/mol. The van der Waals surface area contributed by atoms with E-state index in [4.69, 9.17) is 9.47 Å². The first-order valence-electron chi connectivity index (χ1n) is 8.86. The standard InChI is InChI=1S/2C11H20O/c1-9(2)7-6-8-11(12-5)10(3)4;1-10(2)7-5-6-8-11(3)9-12-4/h11H,1,3,6-8H2,2,4-5H3;8H,1,5-7,9H2,2-4H3. The Morgan fingerprint density at radius 3 is 1.88 bits per heavy atom. The lowest BCUT2D eigenvalue weighted by atomic mass is 10.0. The first-order chi connectivity index (χ1) is 11.2. The van der Waals surface area contributed by atoms with Crippen LogP contribution < -0.4 is 0 Å². The summed E-state index contributed by atoms with van der Waals surface area (Å²) in [7, 11) is 3.46. The molecule has 1 unspecified atom stereocenters. The Morgan fingerprint density at radius 2 is 1.46 bits per heavy atom. The van der Waals surface area contributed by atoms with Crippen molar-refractivity contribution >= 4 is 0 Å². The van der Waals surface area contributed by atoms with Gasteiger partial charge >= 0.3 is 0 Å². The summed E-state index contributed by atoms with van der Waals surface area (Å²) in [5.74, 6) is 0. The van der Waals surface area contributed by atoms with Crippen molar-refractivity contribution in [2.24, 2.45) is 0 Å². The van der Waals surface area contributed by atoms with E-state index in [1.165, 1.54) is 23.1 Å². The molecular formula is C22H40O2. The van der Waals surface area contributed by atoms with E-state index in [0.717, 1.165) is 44.3 Å². The van der Waals surface area contributed by atoms with Gasteiger partial charge in [-0.25, -0.2) is 0 Å². The minimum absolute atomic E-state index is 0.226. The molecule has 0 amide bonds. The lowest BCUT2D eigenvalue weighted by molar-refractivity contribution is 0.123. The third-order valence-corrected chi connectivity index (χ3v) is 3.58. The smallest absolute Gasteiger partial charge is 0.0776 e. The van der Waals surface area contributed by atoms with E-state index in [0.29, 0.717) is 0 Å². The van der Waals surface area contributed by atoms with Crippen LogP contribution in [-0.2, 0) is 9.47 Å². The van der Waals surface area contributed by atoms with E-state index in [1.54, 1.807) is 14.2 Å². The van der Waals surface area contributed by atoms with Crippen LogP contribution in [-0.4, -0.2) is 26.9 Å². The molecule has 2 heteroatoms. The Bertz CT molecular complexity index is 391. The van der Waals surface area contributed by atoms with Crippen LogP contribution in [0.1, 0.15) is 66.2 Å². The Balaban J connectivity index is 0. The van der Waals surface area contributed by atoms with Crippen molar-refractivity contribution < 1.29 is 9.47 Å². The van der Waals surface area contributed by atoms with Crippen LogP contribution in [0.5, 0.6) is 0 Å². The van der Waals surface area contributed by atoms with E-state index < -0.39 is 0 Å². The van der Waals surface area contributed by atoms with Crippen molar-refractivity contribution in [3.63, 3.8) is 0 Å². The number of hydrogen-bond acceptors (Lipinski definition) is 2. The second-order valence-electron chi connectivity index (χ2n) is 6.75. The van der Waals surface area contributed by atoms with Crippen molar-refractivity contribution in [2.45, 2.75) is 72.3 Å². The molecule has 0 bridgehead atoms. The summed E-state index contributed by atoms with van der Waals surface area (Å²) in [5, 5.41) is 0. The van der Waals surface area contributed by atoms with Gasteiger partial charge in [0.2, 0.25) is 0 Å². The molecule has 24 heavy (non-hydrogen) atoms. The van der Waals surface area contributed by atoms with Crippen LogP contribution in [0.2, 0.25) is 0 Å². The highest BCUT2D eigenvalue weighted by atomic mass is 16.5. The van der Waals surface area contributed by atoms with Crippen LogP contribution in [0.4, 0.5) is 0 Å². The van der Waals surface area contributed by atoms with Gasteiger partial charge in [-0.1, -0.05) is 34.9 Å². The Kier molecular flexibility index (Phi) is 17.5. The summed E-state index contributed by atoms with van der Waals surface area (Å²) in [6.07, 6.45) is 9.23. The first kappa shape index (κ1) is 25.1. The topological polar surface area (TPSA) is 18.5 Å². The van der Waals surface area contributed by atoms with Gasteiger partial charge in [0.1, 0.15) is 0 Å². The lowest BCUT2D eigenvalue weighted by Gasteiger charge is -2.14. The van der Waals surface area contributed by atoms with E-state index in [2.05, 4.69) is 46.6 Å². The summed E-state index contributed by atoms with van der Waals surface area (Å²) >= 11 is 0. The molecule has 0 aliphatic rings. The van der Waals surface area contributed by atoms with Gasteiger partial charge < -0.3 is 9.47 Å². The second kappa shape index (κ2) is 16.7.